The SMILES string of the molecule is COc1cc(/C=C(\C#N)c2cc(OC)c3c(c2)OCO3)cc(OC)c1OC. The summed E-state index contributed by atoms with van der Waals surface area (Å²) >= 11 is 0. The van der Waals surface area contributed by atoms with Crippen LogP contribution in [0.2, 0.25) is 0 Å². The fourth-order valence-corrected chi connectivity index (χ4v) is 2.82. The number of nitrogens with zero attached hydrogens (tertiary/aromatic N) is 1. The number of nitriles is 1. The van der Waals surface area contributed by atoms with Crippen LogP contribution in [0.5, 0.6) is 34.5 Å². The highest BCUT2D eigenvalue weighted by Gasteiger charge is 2.21. The third-order valence-corrected chi connectivity index (χ3v) is 4.09. The molecule has 1 heterocycles. The lowest BCUT2D eigenvalue weighted by Crippen LogP contribution is -1.96. The summed E-state index contributed by atoms with van der Waals surface area (Å²) < 4.78 is 32.2. The first-order valence-corrected chi connectivity index (χ1v) is 8.05. The van der Waals surface area contributed by atoms with E-state index in [0.717, 1.165) is 5.56 Å². The van der Waals surface area contributed by atoms with Crippen molar-refractivity contribution >= 4 is 11.6 Å². The van der Waals surface area contributed by atoms with Crippen molar-refractivity contribution in [2.24, 2.45) is 0 Å². The van der Waals surface area contributed by atoms with Gasteiger partial charge in [-0.3, -0.25) is 0 Å². The van der Waals surface area contributed by atoms with Crippen molar-refractivity contribution in [3.63, 3.8) is 0 Å². The maximum absolute atomic E-state index is 9.69. The van der Waals surface area contributed by atoms with E-state index < -0.39 is 0 Å². The van der Waals surface area contributed by atoms with Crippen molar-refractivity contribution < 1.29 is 28.4 Å². The van der Waals surface area contributed by atoms with E-state index in [1.165, 1.54) is 14.2 Å². The van der Waals surface area contributed by atoms with E-state index in [2.05, 4.69) is 6.07 Å². The predicted octanol–water partition coefficient (Wildman–Crippen LogP) is 3.51. The summed E-state index contributed by atoms with van der Waals surface area (Å²) in [7, 11) is 6.16. The summed E-state index contributed by atoms with van der Waals surface area (Å²) in [5.74, 6) is 3.07. The molecule has 3 rings (SSSR count). The molecule has 2 aromatic rings. The molecule has 0 saturated carbocycles. The number of hydrogen-bond acceptors (Lipinski definition) is 7. The fraction of sp³-hybridized carbons (Fsp3) is 0.250. The molecule has 2 aromatic carbocycles. The number of hydrogen-bond donors (Lipinski definition) is 0. The number of allylic oxidation sites excluding steroid dienone is 1. The topological polar surface area (TPSA) is 79.2 Å². The Balaban J connectivity index is 2.09. The Kier molecular flexibility index (Phi) is 5.27. The first-order chi connectivity index (χ1) is 13.1. The van der Waals surface area contributed by atoms with Gasteiger partial charge in [0, 0.05) is 0 Å². The summed E-state index contributed by atoms with van der Waals surface area (Å²) in [5, 5.41) is 9.69. The van der Waals surface area contributed by atoms with Crippen molar-refractivity contribution in [3.8, 4) is 40.6 Å². The number of rotatable bonds is 6. The summed E-state index contributed by atoms with van der Waals surface area (Å²) in [6, 6.07) is 9.23. The molecule has 0 spiro atoms. The van der Waals surface area contributed by atoms with Crippen LogP contribution in [0.4, 0.5) is 0 Å². The Morgan fingerprint density at radius 2 is 1.59 bits per heavy atom. The van der Waals surface area contributed by atoms with Gasteiger partial charge >= 0.3 is 0 Å². The lowest BCUT2D eigenvalue weighted by atomic mass is 10.0. The van der Waals surface area contributed by atoms with Gasteiger partial charge in [-0.2, -0.15) is 5.26 Å². The highest BCUT2D eigenvalue weighted by molar-refractivity contribution is 5.91. The second kappa shape index (κ2) is 7.79. The van der Waals surface area contributed by atoms with Crippen molar-refractivity contribution in [1.82, 2.24) is 0 Å². The normalized spacial score (nSPS) is 12.3. The molecule has 140 valence electrons. The molecule has 0 aliphatic carbocycles. The van der Waals surface area contributed by atoms with E-state index in [4.69, 9.17) is 28.4 Å². The second-order valence-electron chi connectivity index (χ2n) is 5.54. The lowest BCUT2D eigenvalue weighted by molar-refractivity contribution is 0.171. The summed E-state index contributed by atoms with van der Waals surface area (Å²) in [4.78, 5) is 0. The monoisotopic (exact) mass is 369 g/mol. The summed E-state index contributed by atoms with van der Waals surface area (Å²) in [6.07, 6.45) is 1.72. The molecule has 0 N–H and O–H groups in total. The van der Waals surface area contributed by atoms with Gasteiger partial charge < -0.3 is 28.4 Å². The first-order valence-electron chi connectivity index (χ1n) is 8.05. The molecular formula is C20H19NO6. The van der Waals surface area contributed by atoms with Gasteiger partial charge in [0.25, 0.3) is 0 Å². The number of benzene rings is 2. The first kappa shape index (κ1) is 18.3. The minimum absolute atomic E-state index is 0.119. The standard InChI is InChI=1S/C20H19NO6/c1-22-15-6-12(7-16(23-2)19(15)25-4)5-14(10-21)13-8-17(24-3)20-18(9-13)26-11-27-20/h5-9H,11H2,1-4H3/b14-5+. The zero-order chi connectivity index (χ0) is 19.4. The Bertz CT molecular complexity index is 904. The third kappa shape index (κ3) is 3.42. The van der Waals surface area contributed by atoms with Gasteiger partial charge in [0.1, 0.15) is 0 Å². The quantitative estimate of drug-likeness (QED) is 0.569. The number of ether oxygens (including phenoxy) is 6. The Morgan fingerprint density at radius 1 is 0.926 bits per heavy atom. The maximum Gasteiger partial charge on any atom is 0.231 e. The highest BCUT2D eigenvalue weighted by atomic mass is 16.7. The predicted molar refractivity (Wildman–Crippen MR) is 98.7 cm³/mol. The van der Waals surface area contributed by atoms with E-state index in [1.807, 2.05) is 0 Å². The minimum Gasteiger partial charge on any atom is -0.493 e. The molecule has 0 unspecified atom stereocenters. The lowest BCUT2D eigenvalue weighted by Gasteiger charge is -2.13. The zero-order valence-corrected chi connectivity index (χ0v) is 15.5. The van der Waals surface area contributed by atoms with Crippen LogP contribution in [0.15, 0.2) is 24.3 Å². The van der Waals surface area contributed by atoms with E-state index in [9.17, 15) is 5.26 Å². The van der Waals surface area contributed by atoms with E-state index in [-0.39, 0.29) is 6.79 Å². The average molecular weight is 369 g/mol. The van der Waals surface area contributed by atoms with E-state index >= 15 is 0 Å². The Morgan fingerprint density at radius 3 is 2.15 bits per heavy atom. The van der Waals surface area contributed by atoms with Crippen molar-refractivity contribution in [2.75, 3.05) is 35.2 Å². The van der Waals surface area contributed by atoms with Crippen LogP contribution < -0.4 is 28.4 Å². The van der Waals surface area contributed by atoms with Gasteiger partial charge in [-0.05, 0) is 41.5 Å². The van der Waals surface area contributed by atoms with Crippen molar-refractivity contribution in [1.29, 1.82) is 5.26 Å². The van der Waals surface area contributed by atoms with Gasteiger partial charge in [0.15, 0.2) is 23.0 Å². The van der Waals surface area contributed by atoms with E-state index in [1.54, 1.807) is 44.6 Å². The molecule has 0 saturated heterocycles. The molecule has 7 nitrogen and oxygen atoms in total. The zero-order valence-electron chi connectivity index (χ0n) is 15.5. The number of methoxy groups -OCH3 is 4. The van der Waals surface area contributed by atoms with Gasteiger partial charge in [0.05, 0.1) is 40.1 Å². The van der Waals surface area contributed by atoms with Crippen LogP contribution in [0.1, 0.15) is 11.1 Å². The molecular weight excluding hydrogens is 350 g/mol. The molecule has 0 bridgehead atoms. The highest BCUT2D eigenvalue weighted by Crippen LogP contribution is 2.44. The second-order valence-corrected chi connectivity index (χ2v) is 5.54. The van der Waals surface area contributed by atoms with Crippen LogP contribution >= 0.6 is 0 Å². The molecule has 1 aliphatic heterocycles. The maximum atomic E-state index is 9.69. The molecule has 0 fully saturated rings. The molecule has 0 radical (unpaired) electrons. The van der Waals surface area contributed by atoms with Crippen LogP contribution in [-0.4, -0.2) is 35.2 Å². The van der Waals surface area contributed by atoms with Gasteiger partial charge in [-0.1, -0.05) is 0 Å². The molecule has 7 heteroatoms. The summed E-state index contributed by atoms with van der Waals surface area (Å²) in [6.45, 7) is 0.119. The van der Waals surface area contributed by atoms with Crippen LogP contribution in [0.3, 0.4) is 0 Å². The molecule has 27 heavy (non-hydrogen) atoms. The van der Waals surface area contributed by atoms with Crippen molar-refractivity contribution in [3.05, 3.63) is 35.4 Å². The van der Waals surface area contributed by atoms with Crippen LogP contribution in [0, 0.1) is 11.3 Å². The van der Waals surface area contributed by atoms with Crippen LogP contribution in [-0.2, 0) is 0 Å². The Labute approximate surface area is 157 Å². The number of fused-ring (bicyclic) bond motifs is 1. The Hall–Kier alpha value is -3.53. The van der Waals surface area contributed by atoms with Crippen LogP contribution in [0.25, 0.3) is 11.6 Å². The van der Waals surface area contributed by atoms with Gasteiger partial charge in [0.2, 0.25) is 18.3 Å². The molecule has 0 amide bonds. The van der Waals surface area contributed by atoms with Gasteiger partial charge in [-0.25, -0.2) is 0 Å². The molecule has 1 aliphatic rings. The van der Waals surface area contributed by atoms with Gasteiger partial charge in [-0.15, -0.1) is 0 Å². The van der Waals surface area contributed by atoms with Crippen molar-refractivity contribution in [2.45, 2.75) is 0 Å². The minimum atomic E-state index is 0.119. The third-order valence-electron chi connectivity index (χ3n) is 4.09. The van der Waals surface area contributed by atoms with E-state index in [0.29, 0.717) is 45.6 Å². The smallest absolute Gasteiger partial charge is 0.231 e. The fourth-order valence-electron chi connectivity index (χ4n) is 2.82. The molecule has 0 atom stereocenters. The largest absolute Gasteiger partial charge is 0.493 e. The summed E-state index contributed by atoms with van der Waals surface area (Å²) in [5.41, 5.74) is 1.78. The average Bonchev–Trinajstić information content (AvgIpc) is 3.18. The molecule has 0 aromatic heterocycles.